The van der Waals surface area contributed by atoms with E-state index in [0.29, 0.717) is 24.1 Å². The number of thiocarbonyl (C=S) groups is 1. The lowest BCUT2D eigenvalue weighted by molar-refractivity contribution is 0.245. The van der Waals surface area contributed by atoms with Crippen LogP contribution in [0, 0.1) is 5.82 Å². The molecule has 0 saturated heterocycles. The highest BCUT2D eigenvalue weighted by Crippen LogP contribution is 2.17. The quantitative estimate of drug-likeness (QED) is 0.846. The molecule has 0 aliphatic heterocycles. The van der Waals surface area contributed by atoms with E-state index in [2.05, 4.69) is 34.7 Å². The zero-order valence-electron chi connectivity index (χ0n) is 9.91. The Morgan fingerprint density at radius 1 is 1.47 bits per heavy atom. The van der Waals surface area contributed by atoms with E-state index >= 15 is 0 Å². The summed E-state index contributed by atoms with van der Waals surface area (Å²) in [6, 6.07) is 5.17. The normalized spacial score (nSPS) is 11.2. The molecule has 1 aromatic carbocycles. The lowest BCUT2D eigenvalue weighted by Crippen LogP contribution is -2.37. The molecule has 0 spiro atoms. The van der Waals surface area contributed by atoms with Gasteiger partial charge in [0.15, 0.2) is 0 Å². The highest BCUT2D eigenvalue weighted by molar-refractivity contribution is 9.10. The topological polar surface area (TPSA) is 29.3 Å². The lowest BCUT2D eigenvalue weighted by Gasteiger charge is -2.26. The van der Waals surface area contributed by atoms with E-state index in [9.17, 15) is 4.39 Å². The summed E-state index contributed by atoms with van der Waals surface area (Å²) >= 11 is 8.19. The van der Waals surface area contributed by atoms with E-state index in [4.69, 9.17) is 18.0 Å². The highest BCUT2D eigenvalue weighted by Gasteiger charge is 2.12. The molecular formula is C12H16BrFN2S. The van der Waals surface area contributed by atoms with Crippen LogP contribution in [0.3, 0.4) is 0 Å². The maximum Gasteiger partial charge on any atom is 0.124 e. The summed E-state index contributed by atoms with van der Waals surface area (Å²) in [4.78, 5) is 2.55. The van der Waals surface area contributed by atoms with Gasteiger partial charge in [0.25, 0.3) is 0 Å². The summed E-state index contributed by atoms with van der Waals surface area (Å²) in [5, 5.41) is 0. The van der Waals surface area contributed by atoms with Crippen LogP contribution >= 0.6 is 28.1 Å². The van der Waals surface area contributed by atoms with Crippen LogP contribution < -0.4 is 5.73 Å². The molecule has 0 heterocycles. The van der Waals surface area contributed by atoms with Crippen molar-refractivity contribution in [1.29, 1.82) is 0 Å². The van der Waals surface area contributed by atoms with Crippen molar-refractivity contribution < 1.29 is 4.39 Å². The fourth-order valence-electron chi connectivity index (χ4n) is 1.56. The van der Waals surface area contributed by atoms with Crippen molar-refractivity contribution in [3.63, 3.8) is 0 Å². The summed E-state index contributed by atoms with van der Waals surface area (Å²) < 4.78 is 14.0. The maximum atomic E-state index is 13.2. The van der Waals surface area contributed by atoms with Crippen molar-refractivity contribution in [2.45, 2.75) is 26.4 Å². The van der Waals surface area contributed by atoms with Gasteiger partial charge in [-0.1, -0.05) is 28.1 Å². The number of benzene rings is 1. The monoisotopic (exact) mass is 318 g/mol. The van der Waals surface area contributed by atoms with Crippen LogP contribution in [0.1, 0.15) is 19.4 Å². The van der Waals surface area contributed by atoms with Crippen LogP contribution in [0.15, 0.2) is 22.7 Å². The molecule has 1 aromatic rings. The Balaban J connectivity index is 2.81. The number of rotatable bonds is 5. The Morgan fingerprint density at radius 3 is 2.59 bits per heavy atom. The molecule has 0 aliphatic rings. The van der Waals surface area contributed by atoms with Crippen molar-refractivity contribution in [1.82, 2.24) is 4.90 Å². The van der Waals surface area contributed by atoms with Gasteiger partial charge in [-0.05, 0) is 37.6 Å². The number of nitrogens with zero attached hydrogens (tertiary/aromatic N) is 1. The average Bonchev–Trinajstić information content (AvgIpc) is 2.13. The second-order valence-corrected chi connectivity index (χ2v) is 5.68. The Morgan fingerprint density at radius 2 is 2.12 bits per heavy atom. The Labute approximate surface area is 115 Å². The molecule has 0 saturated carbocycles. The maximum absolute atomic E-state index is 13.2. The largest absolute Gasteiger partial charge is 0.392 e. The van der Waals surface area contributed by atoms with Crippen LogP contribution in [0.4, 0.5) is 4.39 Å². The summed E-state index contributed by atoms with van der Waals surface area (Å²) in [6.07, 6.45) is 0. The molecule has 0 fully saturated rings. The predicted octanol–water partition coefficient (Wildman–Crippen LogP) is 3.08. The molecule has 0 aliphatic carbocycles. The van der Waals surface area contributed by atoms with Gasteiger partial charge in [-0.2, -0.15) is 0 Å². The fraction of sp³-hybridized carbons (Fsp3) is 0.417. The minimum atomic E-state index is -0.242. The molecule has 2 nitrogen and oxygen atoms in total. The van der Waals surface area contributed by atoms with Crippen LogP contribution in [0.2, 0.25) is 0 Å². The van der Waals surface area contributed by atoms with Gasteiger partial charge in [0.05, 0.1) is 4.99 Å². The first kappa shape index (κ1) is 14.5. The molecule has 0 amide bonds. The third kappa shape index (κ3) is 5.10. The number of nitrogens with two attached hydrogens (primary N) is 1. The number of halogens is 2. The van der Waals surface area contributed by atoms with Crippen molar-refractivity contribution in [3.05, 3.63) is 34.1 Å². The average molecular weight is 319 g/mol. The van der Waals surface area contributed by atoms with Gasteiger partial charge >= 0.3 is 0 Å². The van der Waals surface area contributed by atoms with Gasteiger partial charge in [0.1, 0.15) is 5.82 Å². The predicted molar refractivity (Wildman–Crippen MR) is 76.4 cm³/mol. The number of hydrogen-bond donors (Lipinski definition) is 1. The second kappa shape index (κ2) is 6.42. The van der Waals surface area contributed by atoms with E-state index in [1.165, 1.54) is 12.1 Å². The third-order valence-corrected chi connectivity index (χ3v) is 2.98. The molecular weight excluding hydrogens is 303 g/mol. The lowest BCUT2D eigenvalue weighted by atomic mass is 10.2. The molecule has 94 valence electrons. The zero-order valence-corrected chi connectivity index (χ0v) is 12.3. The van der Waals surface area contributed by atoms with Crippen molar-refractivity contribution in [2.24, 2.45) is 5.73 Å². The molecule has 5 heteroatoms. The standard InChI is InChI=1S/C12H16BrFN2S/c1-8(2)16(7-12(15)17)6-9-3-10(13)5-11(14)4-9/h3-5,8H,6-7H2,1-2H3,(H2,15,17). The molecule has 0 unspecified atom stereocenters. The Bertz CT molecular complexity index is 389. The van der Waals surface area contributed by atoms with Gasteiger partial charge in [0, 0.05) is 23.6 Å². The van der Waals surface area contributed by atoms with Crippen LogP contribution in [-0.2, 0) is 6.54 Å². The first-order valence-electron chi connectivity index (χ1n) is 5.36. The fourth-order valence-corrected chi connectivity index (χ4v) is 2.24. The van der Waals surface area contributed by atoms with Gasteiger partial charge < -0.3 is 5.73 Å². The summed E-state index contributed by atoms with van der Waals surface area (Å²) in [5.74, 6) is -0.242. The van der Waals surface area contributed by atoms with E-state index in [-0.39, 0.29) is 5.82 Å². The zero-order chi connectivity index (χ0) is 13.0. The number of hydrogen-bond acceptors (Lipinski definition) is 2. The summed E-state index contributed by atoms with van der Waals surface area (Å²) in [7, 11) is 0. The van der Waals surface area contributed by atoms with E-state index in [1.54, 1.807) is 0 Å². The smallest absolute Gasteiger partial charge is 0.124 e. The minimum absolute atomic E-state index is 0.242. The Hall–Kier alpha value is -0.520. The minimum Gasteiger partial charge on any atom is -0.392 e. The van der Waals surface area contributed by atoms with Gasteiger partial charge in [0.2, 0.25) is 0 Å². The SMILES string of the molecule is CC(C)N(CC(N)=S)Cc1cc(F)cc(Br)c1. The molecule has 0 atom stereocenters. The summed E-state index contributed by atoms with van der Waals surface area (Å²) in [6.45, 7) is 5.30. The van der Waals surface area contributed by atoms with Crippen molar-refractivity contribution in [3.8, 4) is 0 Å². The second-order valence-electron chi connectivity index (χ2n) is 4.24. The van der Waals surface area contributed by atoms with Crippen LogP contribution in [0.5, 0.6) is 0 Å². The first-order chi connectivity index (χ1) is 7.88. The molecule has 0 aromatic heterocycles. The molecule has 0 bridgehead atoms. The van der Waals surface area contributed by atoms with Gasteiger partial charge in [-0.25, -0.2) is 4.39 Å². The molecule has 1 rings (SSSR count). The van der Waals surface area contributed by atoms with Gasteiger partial charge in [-0.15, -0.1) is 0 Å². The van der Waals surface area contributed by atoms with E-state index in [0.717, 1.165) is 10.0 Å². The van der Waals surface area contributed by atoms with Crippen molar-refractivity contribution >= 4 is 33.1 Å². The van der Waals surface area contributed by atoms with Crippen LogP contribution in [0.25, 0.3) is 0 Å². The van der Waals surface area contributed by atoms with Crippen molar-refractivity contribution in [2.75, 3.05) is 6.54 Å². The van der Waals surface area contributed by atoms with E-state index < -0.39 is 0 Å². The van der Waals surface area contributed by atoms with Crippen LogP contribution in [-0.4, -0.2) is 22.5 Å². The third-order valence-electron chi connectivity index (χ3n) is 2.40. The first-order valence-corrected chi connectivity index (χ1v) is 6.56. The highest BCUT2D eigenvalue weighted by atomic mass is 79.9. The van der Waals surface area contributed by atoms with Gasteiger partial charge in [-0.3, -0.25) is 4.90 Å². The molecule has 0 radical (unpaired) electrons. The molecule has 2 N–H and O–H groups in total. The Kier molecular flexibility index (Phi) is 5.49. The van der Waals surface area contributed by atoms with E-state index in [1.807, 2.05) is 6.07 Å². The molecule has 17 heavy (non-hydrogen) atoms. The summed E-state index contributed by atoms with van der Waals surface area (Å²) in [5.41, 5.74) is 6.46.